The van der Waals surface area contributed by atoms with E-state index in [1.165, 1.54) is 0 Å². The minimum atomic E-state index is 0.461. The van der Waals surface area contributed by atoms with Gasteiger partial charge in [0.2, 0.25) is 0 Å². The highest BCUT2D eigenvalue weighted by Crippen LogP contribution is 2.26. The molecule has 20 heavy (non-hydrogen) atoms. The Bertz CT molecular complexity index is 529. The van der Waals surface area contributed by atoms with Crippen LogP contribution < -0.4 is 10.1 Å². The Morgan fingerprint density at radius 2 is 2.25 bits per heavy atom. The maximum atomic E-state index is 6.24. The number of benzene rings is 1. The normalized spacial score (nSPS) is 11.0. The predicted molar refractivity (Wildman–Crippen MR) is 84.4 cm³/mol. The average Bonchev–Trinajstić information content (AvgIpc) is 2.90. The third kappa shape index (κ3) is 4.78. The number of halogens is 1. The highest BCUT2D eigenvalue weighted by Gasteiger charge is 2.05. The highest BCUT2D eigenvalue weighted by molar-refractivity contribution is 7.09. The largest absolute Gasteiger partial charge is 0.485 e. The standard InChI is InChI=1S/C15H19ClN2OS/c1-11(2)8-17-9-12-3-4-14(13(16)7-12)19-10-15-18-5-6-20-15/h3-7,11,17H,8-10H2,1-2H3. The monoisotopic (exact) mass is 310 g/mol. The number of aromatic nitrogens is 1. The lowest BCUT2D eigenvalue weighted by molar-refractivity contribution is 0.305. The maximum absolute atomic E-state index is 6.24. The SMILES string of the molecule is CC(C)CNCc1ccc(OCc2nccs2)c(Cl)c1. The molecule has 1 aromatic heterocycles. The van der Waals surface area contributed by atoms with Crippen LogP contribution in [0.25, 0.3) is 0 Å². The summed E-state index contributed by atoms with van der Waals surface area (Å²) in [5.74, 6) is 1.35. The van der Waals surface area contributed by atoms with Gasteiger partial charge in [-0.15, -0.1) is 11.3 Å². The summed E-state index contributed by atoms with van der Waals surface area (Å²) in [6, 6.07) is 5.91. The predicted octanol–water partition coefficient (Wildman–Crippen LogP) is 4.12. The fraction of sp³-hybridized carbons (Fsp3) is 0.400. The molecule has 0 amide bonds. The first-order valence-corrected chi connectivity index (χ1v) is 7.91. The summed E-state index contributed by atoms with van der Waals surface area (Å²) in [5.41, 5.74) is 1.16. The van der Waals surface area contributed by atoms with Gasteiger partial charge in [-0.3, -0.25) is 0 Å². The van der Waals surface area contributed by atoms with E-state index in [9.17, 15) is 0 Å². The smallest absolute Gasteiger partial charge is 0.140 e. The summed E-state index contributed by atoms with van der Waals surface area (Å²) in [4.78, 5) is 4.18. The molecule has 1 aromatic carbocycles. The van der Waals surface area contributed by atoms with E-state index in [1.54, 1.807) is 17.5 Å². The van der Waals surface area contributed by atoms with Gasteiger partial charge >= 0.3 is 0 Å². The molecule has 0 radical (unpaired) electrons. The lowest BCUT2D eigenvalue weighted by atomic mass is 10.2. The number of nitrogens with one attached hydrogen (secondary N) is 1. The van der Waals surface area contributed by atoms with Crippen molar-refractivity contribution in [3.8, 4) is 5.75 Å². The van der Waals surface area contributed by atoms with Crippen LogP contribution in [-0.2, 0) is 13.2 Å². The molecule has 2 aromatic rings. The topological polar surface area (TPSA) is 34.1 Å². The third-order valence-electron chi connectivity index (χ3n) is 2.71. The van der Waals surface area contributed by atoms with Crippen molar-refractivity contribution < 1.29 is 4.74 Å². The van der Waals surface area contributed by atoms with Crippen molar-refractivity contribution in [2.75, 3.05) is 6.54 Å². The number of hydrogen-bond donors (Lipinski definition) is 1. The van der Waals surface area contributed by atoms with Crippen LogP contribution in [0.15, 0.2) is 29.8 Å². The Labute approximate surface area is 129 Å². The minimum Gasteiger partial charge on any atom is -0.485 e. The molecular formula is C15H19ClN2OS. The van der Waals surface area contributed by atoms with Crippen molar-refractivity contribution in [3.63, 3.8) is 0 Å². The molecule has 1 N–H and O–H groups in total. The van der Waals surface area contributed by atoms with Crippen LogP contribution in [-0.4, -0.2) is 11.5 Å². The fourth-order valence-electron chi connectivity index (χ4n) is 1.74. The van der Waals surface area contributed by atoms with E-state index in [0.29, 0.717) is 23.3 Å². The Hall–Kier alpha value is -1.10. The van der Waals surface area contributed by atoms with Crippen LogP contribution in [0, 0.1) is 5.92 Å². The first-order valence-electron chi connectivity index (χ1n) is 6.65. The Balaban J connectivity index is 1.88. The molecule has 5 heteroatoms. The molecule has 0 aliphatic carbocycles. The van der Waals surface area contributed by atoms with Crippen molar-refractivity contribution in [1.29, 1.82) is 0 Å². The quantitative estimate of drug-likeness (QED) is 0.835. The van der Waals surface area contributed by atoms with E-state index in [1.807, 2.05) is 23.6 Å². The molecule has 0 saturated carbocycles. The molecule has 3 nitrogen and oxygen atoms in total. The van der Waals surface area contributed by atoms with Crippen LogP contribution in [0.5, 0.6) is 5.75 Å². The number of rotatable bonds is 7. The molecule has 1 heterocycles. The van der Waals surface area contributed by atoms with Crippen molar-refractivity contribution in [2.45, 2.75) is 27.0 Å². The molecule has 0 unspecified atom stereocenters. The Kier molecular flexibility index (Phi) is 5.83. The number of nitrogens with zero attached hydrogens (tertiary/aromatic N) is 1. The van der Waals surface area contributed by atoms with Crippen LogP contribution in [0.1, 0.15) is 24.4 Å². The molecule has 0 bridgehead atoms. The van der Waals surface area contributed by atoms with Crippen molar-refractivity contribution >= 4 is 22.9 Å². The van der Waals surface area contributed by atoms with Gasteiger partial charge in [-0.1, -0.05) is 31.5 Å². The summed E-state index contributed by atoms with van der Waals surface area (Å²) < 4.78 is 5.67. The van der Waals surface area contributed by atoms with Gasteiger partial charge in [-0.25, -0.2) is 4.98 Å². The second kappa shape index (κ2) is 7.62. The zero-order valence-corrected chi connectivity index (χ0v) is 13.3. The van der Waals surface area contributed by atoms with E-state index in [-0.39, 0.29) is 0 Å². The lowest BCUT2D eigenvalue weighted by Crippen LogP contribution is -2.18. The van der Waals surface area contributed by atoms with Gasteiger partial charge < -0.3 is 10.1 Å². The molecular weight excluding hydrogens is 292 g/mol. The highest BCUT2D eigenvalue weighted by atomic mass is 35.5. The van der Waals surface area contributed by atoms with Crippen LogP contribution in [0.2, 0.25) is 5.02 Å². The minimum absolute atomic E-state index is 0.461. The van der Waals surface area contributed by atoms with Crippen LogP contribution in [0.4, 0.5) is 0 Å². The molecule has 0 fully saturated rings. The van der Waals surface area contributed by atoms with Crippen molar-refractivity contribution in [3.05, 3.63) is 45.4 Å². The van der Waals surface area contributed by atoms with Crippen LogP contribution in [0.3, 0.4) is 0 Å². The summed E-state index contributed by atoms with van der Waals surface area (Å²) in [7, 11) is 0. The summed E-state index contributed by atoms with van der Waals surface area (Å²) in [6.07, 6.45) is 1.77. The van der Waals surface area contributed by atoms with E-state index in [4.69, 9.17) is 16.3 Å². The average molecular weight is 311 g/mol. The molecule has 0 aliphatic heterocycles. The summed E-state index contributed by atoms with van der Waals surface area (Å²) >= 11 is 7.82. The van der Waals surface area contributed by atoms with Gasteiger partial charge in [0.25, 0.3) is 0 Å². The van der Waals surface area contributed by atoms with E-state index < -0.39 is 0 Å². The molecule has 0 spiro atoms. The van der Waals surface area contributed by atoms with Gasteiger partial charge in [-0.05, 0) is 30.2 Å². The van der Waals surface area contributed by atoms with Crippen molar-refractivity contribution in [1.82, 2.24) is 10.3 Å². The van der Waals surface area contributed by atoms with Crippen LogP contribution >= 0.6 is 22.9 Å². The molecule has 0 saturated heterocycles. The van der Waals surface area contributed by atoms with Gasteiger partial charge in [0.15, 0.2) is 0 Å². The van der Waals surface area contributed by atoms with Crippen molar-refractivity contribution in [2.24, 2.45) is 5.92 Å². The second-order valence-corrected chi connectivity index (χ2v) is 6.39. The summed E-state index contributed by atoms with van der Waals surface area (Å²) in [6.45, 7) is 6.66. The number of hydrogen-bond acceptors (Lipinski definition) is 4. The van der Waals surface area contributed by atoms with Gasteiger partial charge in [-0.2, -0.15) is 0 Å². The molecule has 0 aliphatic rings. The third-order valence-corrected chi connectivity index (χ3v) is 3.76. The molecule has 2 rings (SSSR count). The Morgan fingerprint density at radius 1 is 1.40 bits per heavy atom. The number of thiazole rings is 1. The zero-order valence-electron chi connectivity index (χ0n) is 11.7. The molecule has 108 valence electrons. The molecule has 0 atom stereocenters. The second-order valence-electron chi connectivity index (χ2n) is 5.00. The van der Waals surface area contributed by atoms with E-state index >= 15 is 0 Å². The van der Waals surface area contributed by atoms with Gasteiger partial charge in [0.1, 0.15) is 17.4 Å². The Morgan fingerprint density at radius 3 is 2.90 bits per heavy atom. The van der Waals surface area contributed by atoms with E-state index in [0.717, 1.165) is 23.7 Å². The first-order chi connectivity index (χ1) is 9.65. The first kappa shape index (κ1) is 15.3. The lowest BCUT2D eigenvalue weighted by Gasteiger charge is -2.10. The van der Waals surface area contributed by atoms with Gasteiger partial charge in [0.05, 0.1) is 5.02 Å². The maximum Gasteiger partial charge on any atom is 0.140 e. The van der Waals surface area contributed by atoms with Gasteiger partial charge in [0, 0.05) is 18.1 Å². The number of ether oxygens (including phenoxy) is 1. The summed E-state index contributed by atoms with van der Waals surface area (Å²) in [5, 5.41) is 6.92. The fourth-order valence-corrected chi connectivity index (χ4v) is 2.53. The van der Waals surface area contributed by atoms with E-state index in [2.05, 4.69) is 24.1 Å². The zero-order chi connectivity index (χ0) is 14.4.